The van der Waals surface area contributed by atoms with Crippen molar-refractivity contribution >= 4 is 40.9 Å². The number of aromatic nitrogens is 2. The van der Waals surface area contributed by atoms with Gasteiger partial charge in [0.05, 0.1) is 31.3 Å². The van der Waals surface area contributed by atoms with Crippen LogP contribution in [0.15, 0.2) is 24.4 Å². The molecule has 2 aliphatic heterocycles. The number of aliphatic hydroxyl groups excluding tert-OH is 1. The van der Waals surface area contributed by atoms with E-state index in [2.05, 4.69) is 24.9 Å². The van der Waals surface area contributed by atoms with E-state index in [9.17, 15) is 13.6 Å². The number of anilines is 4. The summed E-state index contributed by atoms with van der Waals surface area (Å²) in [5, 5.41) is 12.1. The molecule has 2 saturated heterocycles. The molecule has 0 atom stereocenters. The summed E-state index contributed by atoms with van der Waals surface area (Å²) in [5.74, 6) is -1.09. The second kappa shape index (κ2) is 11.1. The summed E-state index contributed by atoms with van der Waals surface area (Å²) in [6, 6.07) is 5.14. The van der Waals surface area contributed by atoms with Gasteiger partial charge in [-0.25, -0.2) is 18.7 Å². The molecule has 5 rings (SSSR count). The van der Waals surface area contributed by atoms with Crippen LogP contribution >= 0.6 is 11.9 Å². The Balaban J connectivity index is 1.36. The first-order chi connectivity index (χ1) is 18.3. The molecular formula is C26H34F2N6O3S. The molecule has 206 valence electrons. The monoisotopic (exact) mass is 548 g/mol. The minimum Gasteiger partial charge on any atom is -0.493 e. The number of rotatable bonds is 9. The van der Waals surface area contributed by atoms with Crippen LogP contribution in [0.5, 0.6) is 5.75 Å². The molecular weight excluding hydrogens is 514 g/mol. The Hall–Kier alpha value is -2.86. The molecule has 12 heteroatoms. The van der Waals surface area contributed by atoms with Gasteiger partial charge < -0.3 is 29.7 Å². The van der Waals surface area contributed by atoms with E-state index in [0.717, 1.165) is 31.6 Å². The number of carbonyl (C=O) groups is 1. The minimum atomic E-state index is -2.69. The number of hydrogen-bond acceptors (Lipinski definition) is 9. The highest BCUT2D eigenvalue weighted by molar-refractivity contribution is 8.00. The fourth-order valence-corrected chi connectivity index (χ4v) is 5.56. The fraction of sp³-hybridized carbons (Fsp3) is 0.577. The zero-order valence-corrected chi connectivity index (χ0v) is 22.3. The molecule has 0 unspecified atom stereocenters. The van der Waals surface area contributed by atoms with Crippen LogP contribution in [0.1, 0.15) is 49.0 Å². The van der Waals surface area contributed by atoms with E-state index >= 15 is 0 Å². The number of ether oxygens (including phenoxy) is 1. The number of carbonyl (C=O) groups excluding carboxylic acids is 1. The number of aliphatic hydroxyl groups is 1. The predicted octanol–water partition coefficient (Wildman–Crippen LogP) is 4.41. The molecule has 0 radical (unpaired) electrons. The lowest BCUT2D eigenvalue weighted by molar-refractivity contribution is -0.0222. The zero-order chi connectivity index (χ0) is 26.8. The van der Waals surface area contributed by atoms with Gasteiger partial charge >= 0.3 is 0 Å². The number of alkyl halides is 2. The number of methoxy groups -OCH3 is 1. The first-order valence-electron chi connectivity index (χ1n) is 13.0. The number of amides is 1. The number of nitrogens with one attached hydrogen (secondary N) is 2. The Bertz CT molecular complexity index is 1150. The lowest BCUT2D eigenvalue weighted by atomic mass is 9.93. The van der Waals surface area contributed by atoms with Crippen LogP contribution in [0.4, 0.5) is 31.8 Å². The second-order valence-corrected chi connectivity index (χ2v) is 11.2. The molecule has 3 aliphatic rings. The number of pyridine rings is 2. The van der Waals surface area contributed by atoms with E-state index in [-0.39, 0.29) is 38.2 Å². The maximum absolute atomic E-state index is 13.7. The van der Waals surface area contributed by atoms with Crippen molar-refractivity contribution in [3.63, 3.8) is 0 Å². The van der Waals surface area contributed by atoms with E-state index in [1.165, 1.54) is 31.9 Å². The third-order valence-electron chi connectivity index (χ3n) is 7.71. The lowest BCUT2D eigenvalue weighted by Crippen LogP contribution is -2.40. The topological polar surface area (TPSA) is 103 Å². The van der Waals surface area contributed by atoms with E-state index in [0.29, 0.717) is 34.2 Å². The van der Waals surface area contributed by atoms with Crippen molar-refractivity contribution in [2.75, 3.05) is 65.5 Å². The number of nitrogens with zero attached hydrogens (tertiary/aromatic N) is 4. The van der Waals surface area contributed by atoms with E-state index < -0.39 is 11.8 Å². The van der Waals surface area contributed by atoms with Crippen molar-refractivity contribution < 1.29 is 23.4 Å². The molecule has 3 N–H and O–H groups in total. The van der Waals surface area contributed by atoms with Crippen molar-refractivity contribution in [1.82, 2.24) is 9.97 Å². The molecule has 1 amide bonds. The molecule has 9 nitrogen and oxygen atoms in total. The molecule has 1 saturated carbocycles. The number of halogens is 2. The van der Waals surface area contributed by atoms with Gasteiger partial charge in [0.15, 0.2) is 11.6 Å². The highest BCUT2D eigenvalue weighted by Crippen LogP contribution is 2.54. The summed E-state index contributed by atoms with van der Waals surface area (Å²) in [6.45, 7) is 2.13. The Morgan fingerprint density at radius 2 is 1.82 bits per heavy atom. The fourth-order valence-electron chi connectivity index (χ4n) is 5.11. The zero-order valence-electron chi connectivity index (χ0n) is 21.5. The summed E-state index contributed by atoms with van der Waals surface area (Å²) < 4.78 is 36.0. The van der Waals surface area contributed by atoms with Gasteiger partial charge in [-0.2, -0.15) is 0 Å². The summed E-state index contributed by atoms with van der Waals surface area (Å²) in [6.07, 6.45) is 5.95. The van der Waals surface area contributed by atoms with Crippen LogP contribution in [-0.4, -0.2) is 72.6 Å². The van der Waals surface area contributed by atoms with Crippen LogP contribution in [0.3, 0.4) is 0 Å². The SMILES string of the molecule is COc1ccc(C(=O)Nc2cnc(NSCCO)cc2N2CCC3(CC2)CC3)nc1N1CCC(F)(F)CC1. The number of hydrogen-bond donors (Lipinski definition) is 3. The molecule has 1 spiro atoms. The van der Waals surface area contributed by atoms with Crippen LogP contribution in [0.2, 0.25) is 0 Å². The summed E-state index contributed by atoms with van der Waals surface area (Å²) in [5.41, 5.74) is 2.13. The van der Waals surface area contributed by atoms with Gasteiger partial charge in [0, 0.05) is 50.8 Å². The standard InChI is InChI=1S/C26H34F2N6O3S/c1-37-21-3-2-18(30-23(21)34-12-8-26(27,28)9-13-34)24(36)31-19-17-29-22(32-38-15-14-35)16-20(19)33-10-6-25(4-5-25)7-11-33/h2-3,16-17,35H,4-15H2,1H3,(H,29,32)(H,31,36). The molecule has 4 heterocycles. The van der Waals surface area contributed by atoms with Crippen molar-refractivity contribution in [3.8, 4) is 5.75 Å². The maximum Gasteiger partial charge on any atom is 0.274 e. The smallest absolute Gasteiger partial charge is 0.274 e. The Kier molecular flexibility index (Phi) is 7.80. The van der Waals surface area contributed by atoms with E-state index in [4.69, 9.17) is 9.84 Å². The summed E-state index contributed by atoms with van der Waals surface area (Å²) >= 11 is 1.36. The van der Waals surface area contributed by atoms with Gasteiger partial charge in [0.25, 0.3) is 11.8 Å². The van der Waals surface area contributed by atoms with Crippen molar-refractivity contribution in [1.29, 1.82) is 0 Å². The van der Waals surface area contributed by atoms with Crippen molar-refractivity contribution in [3.05, 3.63) is 30.1 Å². The quantitative estimate of drug-likeness (QED) is 0.311. The average Bonchev–Trinajstić information content (AvgIpc) is 3.68. The van der Waals surface area contributed by atoms with Gasteiger partial charge in [-0.1, -0.05) is 0 Å². The largest absolute Gasteiger partial charge is 0.493 e. The molecule has 2 aromatic heterocycles. The Morgan fingerprint density at radius 1 is 1.11 bits per heavy atom. The molecule has 1 aliphatic carbocycles. The minimum absolute atomic E-state index is 0.0591. The molecule has 0 bridgehead atoms. The van der Waals surface area contributed by atoms with Gasteiger partial charge in [-0.15, -0.1) is 0 Å². The van der Waals surface area contributed by atoms with E-state index in [1.54, 1.807) is 23.2 Å². The third kappa shape index (κ3) is 6.06. The summed E-state index contributed by atoms with van der Waals surface area (Å²) in [7, 11) is 1.50. The molecule has 3 fully saturated rings. The second-order valence-electron chi connectivity index (χ2n) is 10.3. The average molecular weight is 549 g/mol. The lowest BCUT2D eigenvalue weighted by Gasteiger charge is -2.35. The van der Waals surface area contributed by atoms with Crippen molar-refractivity contribution in [2.45, 2.75) is 44.4 Å². The highest BCUT2D eigenvalue weighted by Gasteiger charge is 2.44. The number of piperidine rings is 2. The van der Waals surface area contributed by atoms with Crippen LogP contribution in [0.25, 0.3) is 0 Å². The van der Waals surface area contributed by atoms with Gasteiger partial charge in [-0.05, 0) is 55.2 Å². The first-order valence-corrected chi connectivity index (χ1v) is 14.0. The summed E-state index contributed by atoms with van der Waals surface area (Å²) in [4.78, 5) is 26.3. The van der Waals surface area contributed by atoms with Gasteiger partial charge in [0.2, 0.25) is 0 Å². The van der Waals surface area contributed by atoms with Crippen LogP contribution in [-0.2, 0) is 0 Å². The van der Waals surface area contributed by atoms with E-state index in [1.807, 2.05) is 6.07 Å². The maximum atomic E-state index is 13.7. The Labute approximate surface area is 225 Å². The first kappa shape index (κ1) is 26.7. The molecule has 0 aromatic carbocycles. The Morgan fingerprint density at radius 3 is 2.47 bits per heavy atom. The molecule has 38 heavy (non-hydrogen) atoms. The normalized spacial score (nSPS) is 19.8. The van der Waals surface area contributed by atoms with Crippen LogP contribution in [0, 0.1) is 5.41 Å². The highest BCUT2D eigenvalue weighted by atomic mass is 32.2. The van der Waals surface area contributed by atoms with Gasteiger partial charge in [-0.3, -0.25) is 4.79 Å². The van der Waals surface area contributed by atoms with Crippen LogP contribution < -0.4 is 24.6 Å². The van der Waals surface area contributed by atoms with Crippen molar-refractivity contribution in [2.24, 2.45) is 5.41 Å². The van der Waals surface area contributed by atoms with Gasteiger partial charge in [0.1, 0.15) is 11.5 Å². The third-order valence-corrected chi connectivity index (χ3v) is 8.45. The predicted molar refractivity (Wildman–Crippen MR) is 146 cm³/mol. The molecule has 2 aromatic rings.